The summed E-state index contributed by atoms with van der Waals surface area (Å²) in [5, 5.41) is 0.574. The average molecular weight is 334 g/mol. The number of amides is 1. The van der Waals surface area contributed by atoms with Crippen LogP contribution < -0.4 is 9.47 Å². The molecular formula is C18H20ClNO3. The number of methoxy groups -OCH3 is 1. The largest absolute Gasteiger partial charge is 0.496 e. The zero-order valence-electron chi connectivity index (χ0n) is 13.5. The second-order valence-corrected chi connectivity index (χ2v) is 5.66. The third-order valence-corrected chi connectivity index (χ3v) is 3.67. The maximum Gasteiger partial charge on any atom is 0.263 e. The predicted octanol–water partition coefficient (Wildman–Crippen LogP) is 3.77. The Hall–Kier alpha value is -2.20. The highest BCUT2D eigenvalue weighted by Crippen LogP contribution is 2.21. The summed E-state index contributed by atoms with van der Waals surface area (Å²) in [4.78, 5) is 14.1. The topological polar surface area (TPSA) is 38.8 Å². The van der Waals surface area contributed by atoms with Crippen molar-refractivity contribution in [3.05, 3.63) is 59.1 Å². The van der Waals surface area contributed by atoms with Crippen molar-refractivity contribution in [1.29, 1.82) is 0 Å². The molecule has 5 heteroatoms. The van der Waals surface area contributed by atoms with E-state index in [1.807, 2.05) is 24.3 Å². The van der Waals surface area contributed by atoms with Gasteiger partial charge in [0.2, 0.25) is 0 Å². The molecule has 4 nitrogen and oxygen atoms in total. The Morgan fingerprint density at radius 2 is 1.96 bits per heavy atom. The number of hydrogen-bond donors (Lipinski definition) is 0. The number of carbonyl (C=O) groups is 1. The fourth-order valence-corrected chi connectivity index (χ4v) is 2.45. The molecule has 0 heterocycles. The van der Waals surface area contributed by atoms with E-state index in [1.165, 1.54) is 0 Å². The van der Waals surface area contributed by atoms with E-state index < -0.39 is 6.10 Å². The lowest BCUT2D eigenvalue weighted by Crippen LogP contribution is -2.37. The molecule has 23 heavy (non-hydrogen) atoms. The minimum absolute atomic E-state index is 0.115. The number of likely N-dealkylation sites (N-methyl/N-ethyl adjacent to an activating group) is 1. The van der Waals surface area contributed by atoms with Crippen LogP contribution in [0.2, 0.25) is 5.02 Å². The van der Waals surface area contributed by atoms with Gasteiger partial charge >= 0.3 is 0 Å². The lowest BCUT2D eigenvalue weighted by Gasteiger charge is -2.23. The van der Waals surface area contributed by atoms with E-state index in [4.69, 9.17) is 21.1 Å². The van der Waals surface area contributed by atoms with Crippen LogP contribution in [0, 0.1) is 0 Å². The Morgan fingerprint density at radius 1 is 1.22 bits per heavy atom. The van der Waals surface area contributed by atoms with Crippen LogP contribution >= 0.6 is 11.6 Å². The first kappa shape index (κ1) is 17.2. The van der Waals surface area contributed by atoms with Gasteiger partial charge in [-0.05, 0) is 31.2 Å². The first-order valence-electron chi connectivity index (χ1n) is 7.30. The quantitative estimate of drug-likeness (QED) is 0.807. The molecule has 122 valence electrons. The van der Waals surface area contributed by atoms with Crippen LogP contribution in [0.1, 0.15) is 12.5 Å². The molecule has 0 fully saturated rings. The maximum absolute atomic E-state index is 12.5. The van der Waals surface area contributed by atoms with Crippen LogP contribution in [0.4, 0.5) is 0 Å². The molecule has 0 aliphatic heterocycles. The number of rotatable bonds is 6. The molecule has 0 radical (unpaired) electrons. The van der Waals surface area contributed by atoms with Crippen molar-refractivity contribution in [2.75, 3.05) is 14.2 Å². The summed E-state index contributed by atoms with van der Waals surface area (Å²) in [7, 11) is 3.36. The monoisotopic (exact) mass is 333 g/mol. The highest BCUT2D eigenvalue weighted by molar-refractivity contribution is 6.30. The fraction of sp³-hybridized carbons (Fsp3) is 0.278. The number of hydrogen-bond acceptors (Lipinski definition) is 3. The third kappa shape index (κ3) is 4.63. The summed E-state index contributed by atoms with van der Waals surface area (Å²) in [6.07, 6.45) is -0.604. The smallest absolute Gasteiger partial charge is 0.263 e. The van der Waals surface area contributed by atoms with Crippen molar-refractivity contribution in [2.24, 2.45) is 0 Å². The lowest BCUT2D eigenvalue weighted by atomic mass is 10.2. The summed E-state index contributed by atoms with van der Waals surface area (Å²) in [5.74, 6) is 1.22. The van der Waals surface area contributed by atoms with E-state index in [9.17, 15) is 4.79 Å². The van der Waals surface area contributed by atoms with Gasteiger partial charge in [0.05, 0.1) is 7.11 Å². The minimum Gasteiger partial charge on any atom is -0.496 e. The van der Waals surface area contributed by atoms with E-state index in [-0.39, 0.29) is 5.91 Å². The molecule has 2 rings (SSSR count). The van der Waals surface area contributed by atoms with Crippen LogP contribution in [0.25, 0.3) is 0 Å². The first-order chi connectivity index (χ1) is 11.0. The van der Waals surface area contributed by atoms with Gasteiger partial charge in [-0.3, -0.25) is 4.79 Å². The third-order valence-electron chi connectivity index (χ3n) is 3.43. The van der Waals surface area contributed by atoms with E-state index in [0.29, 0.717) is 17.3 Å². The number of halogens is 1. The van der Waals surface area contributed by atoms with E-state index in [2.05, 4.69) is 0 Å². The van der Waals surface area contributed by atoms with Gasteiger partial charge in [-0.1, -0.05) is 35.9 Å². The SMILES string of the molecule is COc1ccccc1CN(C)C(=O)C(C)Oc1cccc(Cl)c1. The molecule has 1 atom stereocenters. The number of ether oxygens (including phenoxy) is 2. The zero-order valence-corrected chi connectivity index (χ0v) is 14.2. The van der Waals surface area contributed by atoms with Gasteiger partial charge < -0.3 is 14.4 Å². The van der Waals surface area contributed by atoms with Crippen LogP contribution in [-0.4, -0.2) is 31.1 Å². The Balaban J connectivity index is 2.01. The first-order valence-corrected chi connectivity index (χ1v) is 7.68. The molecule has 0 saturated heterocycles. The van der Waals surface area contributed by atoms with Crippen molar-refractivity contribution >= 4 is 17.5 Å². The summed E-state index contributed by atoms with van der Waals surface area (Å²) >= 11 is 5.92. The Bertz CT molecular complexity index is 675. The van der Waals surface area contributed by atoms with Gasteiger partial charge in [-0.15, -0.1) is 0 Å². The fourth-order valence-electron chi connectivity index (χ4n) is 2.27. The van der Waals surface area contributed by atoms with Gasteiger partial charge in [-0.25, -0.2) is 0 Å². The van der Waals surface area contributed by atoms with Crippen molar-refractivity contribution < 1.29 is 14.3 Å². The van der Waals surface area contributed by atoms with E-state index in [0.717, 1.165) is 11.3 Å². The molecule has 0 aliphatic rings. The second kappa shape index (κ2) is 7.88. The maximum atomic E-state index is 12.5. The van der Waals surface area contributed by atoms with Gasteiger partial charge in [0.1, 0.15) is 11.5 Å². The highest BCUT2D eigenvalue weighted by Gasteiger charge is 2.20. The van der Waals surface area contributed by atoms with Crippen molar-refractivity contribution in [2.45, 2.75) is 19.6 Å². The molecule has 1 amide bonds. The van der Waals surface area contributed by atoms with Crippen LogP contribution in [0.3, 0.4) is 0 Å². The molecule has 2 aromatic carbocycles. The normalized spacial score (nSPS) is 11.7. The van der Waals surface area contributed by atoms with Gasteiger partial charge in [0.25, 0.3) is 5.91 Å². The molecule has 2 aromatic rings. The lowest BCUT2D eigenvalue weighted by molar-refractivity contribution is -0.137. The summed E-state index contributed by atoms with van der Waals surface area (Å²) in [5.41, 5.74) is 0.945. The van der Waals surface area contributed by atoms with E-state index in [1.54, 1.807) is 50.2 Å². The second-order valence-electron chi connectivity index (χ2n) is 5.22. The molecule has 1 unspecified atom stereocenters. The molecule has 0 bridgehead atoms. The van der Waals surface area contributed by atoms with Crippen molar-refractivity contribution in [3.63, 3.8) is 0 Å². The average Bonchev–Trinajstić information content (AvgIpc) is 2.54. The summed E-state index contributed by atoms with van der Waals surface area (Å²) < 4.78 is 11.0. The molecule has 0 aromatic heterocycles. The number of carbonyl (C=O) groups excluding carboxylic acids is 1. The van der Waals surface area contributed by atoms with Crippen LogP contribution in [0.15, 0.2) is 48.5 Å². The summed E-state index contributed by atoms with van der Waals surface area (Å²) in [6.45, 7) is 2.17. The Labute approximate surface area is 141 Å². The van der Waals surface area contributed by atoms with Gasteiger partial charge in [0.15, 0.2) is 6.10 Å². The van der Waals surface area contributed by atoms with Crippen molar-refractivity contribution in [3.8, 4) is 11.5 Å². The molecular weight excluding hydrogens is 314 g/mol. The van der Waals surface area contributed by atoms with Crippen LogP contribution in [0.5, 0.6) is 11.5 Å². The minimum atomic E-state index is -0.604. The Morgan fingerprint density at radius 3 is 2.65 bits per heavy atom. The van der Waals surface area contributed by atoms with Crippen LogP contribution in [-0.2, 0) is 11.3 Å². The highest BCUT2D eigenvalue weighted by atomic mass is 35.5. The predicted molar refractivity (Wildman–Crippen MR) is 91.0 cm³/mol. The summed E-state index contributed by atoms with van der Waals surface area (Å²) in [6, 6.07) is 14.6. The number of para-hydroxylation sites is 1. The van der Waals surface area contributed by atoms with Gasteiger partial charge in [-0.2, -0.15) is 0 Å². The molecule has 0 saturated carbocycles. The standard InChI is InChI=1S/C18H20ClNO3/c1-13(23-16-9-6-8-15(19)11-16)18(21)20(2)12-14-7-4-5-10-17(14)22-3/h4-11,13H,12H2,1-3H3. The number of benzene rings is 2. The van der Waals surface area contributed by atoms with Crippen molar-refractivity contribution in [1.82, 2.24) is 4.90 Å². The van der Waals surface area contributed by atoms with Gasteiger partial charge in [0, 0.05) is 24.2 Å². The Kier molecular flexibility index (Phi) is 5.88. The molecule has 0 spiro atoms. The number of nitrogens with zero attached hydrogens (tertiary/aromatic N) is 1. The molecule has 0 aliphatic carbocycles. The molecule has 0 N–H and O–H groups in total. The zero-order chi connectivity index (χ0) is 16.8. The van der Waals surface area contributed by atoms with E-state index >= 15 is 0 Å².